The van der Waals surface area contributed by atoms with E-state index in [9.17, 15) is 8.42 Å². The SMILES string of the molecule is Cc1nc(CN(C)c2ccc(S(=O)(=O)N3CCN(C)CC3)cn2)cs1. The minimum Gasteiger partial charge on any atom is -0.354 e. The quantitative estimate of drug-likeness (QED) is 0.780. The molecule has 0 amide bonds. The molecule has 0 radical (unpaired) electrons. The fourth-order valence-electron chi connectivity index (χ4n) is 2.73. The Morgan fingerprint density at radius 1 is 1.24 bits per heavy atom. The fourth-order valence-corrected chi connectivity index (χ4v) is 4.71. The van der Waals surface area contributed by atoms with Crippen LogP contribution >= 0.6 is 11.3 Å². The molecule has 0 atom stereocenters. The van der Waals surface area contributed by atoms with Crippen LogP contribution < -0.4 is 4.90 Å². The maximum absolute atomic E-state index is 12.7. The van der Waals surface area contributed by atoms with Crippen LogP contribution in [0.1, 0.15) is 10.7 Å². The lowest BCUT2D eigenvalue weighted by molar-refractivity contribution is 0.222. The van der Waals surface area contributed by atoms with Gasteiger partial charge in [0.2, 0.25) is 10.0 Å². The van der Waals surface area contributed by atoms with Gasteiger partial charge < -0.3 is 9.80 Å². The number of hydrogen-bond donors (Lipinski definition) is 0. The lowest BCUT2D eigenvalue weighted by Crippen LogP contribution is -2.47. The molecule has 25 heavy (non-hydrogen) atoms. The van der Waals surface area contributed by atoms with E-state index in [0.29, 0.717) is 19.6 Å². The zero-order valence-electron chi connectivity index (χ0n) is 14.7. The van der Waals surface area contributed by atoms with Gasteiger partial charge in [-0.1, -0.05) is 0 Å². The summed E-state index contributed by atoms with van der Waals surface area (Å²) in [5.74, 6) is 0.725. The third kappa shape index (κ3) is 4.17. The van der Waals surface area contributed by atoms with Crippen molar-refractivity contribution in [2.45, 2.75) is 18.4 Å². The Morgan fingerprint density at radius 3 is 2.52 bits per heavy atom. The topological polar surface area (TPSA) is 69.6 Å². The molecular formula is C16H23N5O2S2. The minimum absolute atomic E-state index is 0.249. The normalized spacial score (nSPS) is 16.9. The Balaban J connectivity index is 1.70. The maximum Gasteiger partial charge on any atom is 0.244 e. The van der Waals surface area contributed by atoms with E-state index >= 15 is 0 Å². The Bertz CT molecular complexity index is 811. The van der Waals surface area contributed by atoms with E-state index < -0.39 is 10.0 Å². The van der Waals surface area contributed by atoms with E-state index in [4.69, 9.17) is 0 Å². The van der Waals surface area contributed by atoms with Crippen LogP contribution in [-0.2, 0) is 16.6 Å². The van der Waals surface area contributed by atoms with Crippen molar-refractivity contribution < 1.29 is 8.42 Å². The first-order valence-corrected chi connectivity index (χ1v) is 10.4. The van der Waals surface area contributed by atoms with Crippen LogP contribution in [0.5, 0.6) is 0 Å². The number of thiazole rings is 1. The lowest BCUT2D eigenvalue weighted by atomic mass is 10.4. The molecule has 0 unspecified atom stereocenters. The average molecular weight is 382 g/mol. The van der Waals surface area contributed by atoms with Gasteiger partial charge in [0.15, 0.2) is 0 Å². The molecule has 3 rings (SSSR count). The minimum atomic E-state index is -3.47. The Hall–Kier alpha value is -1.55. The van der Waals surface area contributed by atoms with E-state index in [2.05, 4.69) is 14.9 Å². The molecule has 0 bridgehead atoms. The molecule has 1 fully saturated rings. The lowest BCUT2D eigenvalue weighted by Gasteiger charge is -2.31. The summed E-state index contributed by atoms with van der Waals surface area (Å²) in [6, 6.07) is 3.39. The first-order chi connectivity index (χ1) is 11.9. The number of pyridine rings is 1. The van der Waals surface area contributed by atoms with E-state index in [1.807, 2.05) is 31.3 Å². The highest BCUT2D eigenvalue weighted by molar-refractivity contribution is 7.89. The van der Waals surface area contributed by atoms with Crippen molar-refractivity contribution in [3.8, 4) is 0 Å². The third-order valence-corrected chi connectivity index (χ3v) is 6.98. The highest BCUT2D eigenvalue weighted by Crippen LogP contribution is 2.20. The summed E-state index contributed by atoms with van der Waals surface area (Å²) >= 11 is 1.62. The van der Waals surface area contributed by atoms with Crippen LogP contribution in [-0.4, -0.2) is 67.9 Å². The number of nitrogens with zero attached hydrogens (tertiary/aromatic N) is 5. The predicted octanol–water partition coefficient (Wildman–Crippen LogP) is 1.42. The number of hydrogen-bond acceptors (Lipinski definition) is 7. The monoisotopic (exact) mass is 381 g/mol. The smallest absolute Gasteiger partial charge is 0.244 e. The van der Waals surface area contributed by atoms with Crippen molar-refractivity contribution in [1.29, 1.82) is 0 Å². The predicted molar refractivity (Wildman–Crippen MR) is 99.5 cm³/mol. The summed E-state index contributed by atoms with van der Waals surface area (Å²) in [7, 11) is 0.454. The van der Waals surface area contributed by atoms with Gasteiger partial charge in [-0.05, 0) is 26.1 Å². The molecule has 136 valence electrons. The molecule has 0 spiro atoms. The van der Waals surface area contributed by atoms with Gasteiger partial charge in [0, 0.05) is 44.8 Å². The van der Waals surface area contributed by atoms with Crippen molar-refractivity contribution in [3.05, 3.63) is 34.4 Å². The van der Waals surface area contributed by atoms with Crippen molar-refractivity contribution in [2.24, 2.45) is 0 Å². The van der Waals surface area contributed by atoms with Gasteiger partial charge in [-0.2, -0.15) is 4.31 Å². The second kappa shape index (κ2) is 7.36. The molecule has 2 aromatic rings. The van der Waals surface area contributed by atoms with Gasteiger partial charge in [0.25, 0.3) is 0 Å². The standard InChI is InChI=1S/C16H23N5O2S2/c1-13-18-14(12-24-13)11-20(3)16-5-4-15(10-17-16)25(22,23)21-8-6-19(2)7-9-21/h4-5,10,12H,6-9,11H2,1-3H3. The summed E-state index contributed by atoms with van der Waals surface area (Å²) in [4.78, 5) is 13.1. The number of piperazine rings is 1. The van der Waals surface area contributed by atoms with Gasteiger partial charge in [0.05, 0.1) is 17.2 Å². The third-order valence-electron chi connectivity index (χ3n) is 4.28. The Labute approximate surface area is 153 Å². The van der Waals surface area contributed by atoms with E-state index in [1.165, 1.54) is 10.5 Å². The number of sulfonamides is 1. The van der Waals surface area contributed by atoms with Gasteiger partial charge >= 0.3 is 0 Å². The number of rotatable bonds is 5. The number of aromatic nitrogens is 2. The molecule has 0 saturated carbocycles. The molecule has 3 heterocycles. The molecule has 0 aliphatic carbocycles. The Morgan fingerprint density at radius 2 is 1.96 bits per heavy atom. The number of anilines is 1. The Kier molecular flexibility index (Phi) is 5.38. The molecule has 0 N–H and O–H groups in total. The van der Waals surface area contributed by atoms with Gasteiger partial charge in [0.1, 0.15) is 10.7 Å². The largest absolute Gasteiger partial charge is 0.354 e. The van der Waals surface area contributed by atoms with Crippen LogP contribution in [0.2, 0.25) is 0 Å². The second-order valence-corrected chi connectivity index (χ2v) is 9.27. The van der Waals surface area contributed by atoms with Gasteiger partial charge in [-0.15, -0.1) is 11.3 Å². The maximum atomic E-state index is 12.7. The highest BCUT2D eigenvalue weighted by atomic mass is 32.2. The number of likely N-dealkylation sites (N-methyl/N-ethyl adjacent to an activating group) is 1. The van der Waals surface area contributed by atoms with Crippen molar-refractivity contribution >= 4 is 27.2 Å². The zero-order chi connectivity index (χ0) is 18.0. The summed E-state index contributed by atoms with van der Waals surface area (Å²) in [6.45, 7) is 5.15. The molecular weight excluding hydrogens is 358 g/mol. The molecule has 1 aliphatic heterocycles. The van der Waals surface area contributed by atoms with Crippen molar-refractivity contribution in [3.63, 3.8) is 0 Å². The van der Waals surface area contributed by atoms with Crippen LogP contribution in [0.25, 0.3) is 0 Å². The van der Waals surface area contributed by atoms with Crippen LogP contribution in [0, 0.1) is 6.92 Å². The zero-order valence-corrected chi connectivity index (χ0v) is 16.3. The summed E-state index contributed by atoms with van der Waals surface area (Å²) < 4.78 is 27.0. The molecule has 0 aromatic carbocycles. The summed E-state index contributed by atoms with van der Waals surface area (Å²) in [6.07, 6.45) is 1.45. The molecule has 1 saturated heterocycles. The van der Waals surface area contributed by atoms with Crippen LogP contribution in [0.4, 0.5) is 5.82 Å². The van der Waals surface area contributed by atoms with E-state index in [1.54, 1.807) is 23.5 Å². The fraction of sp³-hybridized carbons (Fsp3) is 0.500. The second-order valence-electron chi connectivity index (χ2n) is 6.27. The van der Waals surface area contributed by atoms with Crippen molar-refractivity contribution in [1.82, 2.24) is 19.2 Å². The molecule has 2 aromatic heterocycles. The van der Waals surface area contributed by atoms with E-state index in [-0.39, 0.29) is 4.90 Å². The number of aryl methyl sites for hydroxylation is 1. The average Bonchev–Trinajstić information content (AvgIpc) is 3.00. The molecule has 1 aliphatic rings. The highest BCUT2D eigenvalue weighted by Gasteiger charge is 2.27. The van der Waals surface area contributed by atoms with Gasteiger partial charge in [-0.25, -0.2) is 18.4 Å². The van der Waals surface area contributed by atoms with Crippen LogP contribution in [0.15, 0.2) is 28.6 Å². The van der Waals surface area contributed by atoms with Crippen molar-refractivity contribution in [2.75, 3.05) is 45.2 Å². The van der Waals surface area contributed by atoms with E-state index in [0.717, 1.165) is 29.6 Å². The molecule has 7 nitrogen and oxygen atoms in total. The first kappa shape index (κ1) is 18.2. The first-order valence-electron chi connectivity index (χ1n) is 8.13. The van der Waals surface area contributed by atoms with Gasteiger partial charge in [-0.3, -0.25) is 0 Å². The summed E-state index contributed by atoms with van der Waals surface area (Å²) in [5, 5.41) is 3.06. The molecule has 9 heteroatoms. The van der Waals surface area contributed by atoms with Crippen LogP contribution in [0.3, 0.4) is 0 Å². The summed E-state index contributed by atoms with van der Waals surface area (Å²) in [5.41, 5.74) is 0.987.